The summed E-state index contributed by atoms with van der Waals surface area (Å²) in [5, 5.41) is 1.26. The molecule has 4 aliphatic heterocycles. The molecule has 0 radical (unpaired) electrons. The van der Waals surface area contributed by atoms with Crippen LogP contribution in [0.25, 0.3) is 10.1 Å². The molecule has 8 nitrogen and oxygen atoms in total. The minimum atomic E-state index is -0.279. The van der Waals surface area contributed by atoms with Crippen molar-refractivity contribution in [1.29, 1.82) is 0 Å². The number of benzene rings is 11. The van der Waals surface area contributed by atoms with E-state index in [4.69, 9.17) is 9.97 Å². The molecular weight excluding hydrogens is 1340 g/mol. The fourth-order valence-corrected chi connectivity index (χ4v) is 20.4. The molecule has 6 aliphatic rings. The Morgan fingerprint density at radius 2 is 0.743 bits per heavy atom. The van der Waals surface area contributed by atoms with Crippen molar-refractivity contribution in [3.8, 4) is 0 Å². The second-order valence-electron chi connectivity index (χ2n) is 34.7. The van der Waals surface area contributed by atoms with Crippen molar-refractivity contribution < 1.29 is 0 Å². The van der Waals surface area contributed by atoms with Crippen molar-refractivity contribution in [3.05, 3.63) is 313 Å². The zero-order valence-electron chi connectivity index (χ0n) is 64.1. The van der Waals surface area contributed by atoms with E-state index in [1.165, 1.54) is 70.2 Å². The van der Waals surface area contributed by atoms with Crippen molar-refractivity contribution in [2.75, 3.05) is 29.4 Å². The van der Waals surface area contributed by atoms with Gasteiger partial charge in [0.15, 0.2) is 0 Å². The molecule has 11 heteroatoms. The van der Waals surface area contributed by atoms with Crippen LogP contribution in [0.5, 0.6) is 0 Å². The lowest BCUT2D eigenvalue weighted by Gasteiger charge is -2.47. The van der Waals surface area contributed by atoms with E-state index in [1.54, 1.807) is 0 Å². The molecule has 0 atom stereocenters. The molecule has 0 saturated heterocycles. The quantitative estimate of drug-likeness (QED) is 0.126. The van der Waals surface area contributed by atoms with Gasteiger partial charge in [-0.05, 0) is 229 Å². The fraction of sp³-hybridized carbons (Fsp3) is 0.204. The lowest BCUT2D eigenvalue weighted by molar-refractivity contribution is 0.332. The van der Waals surface area contributed by atoms with Gasteiger partial charge in [-0.3, -0.25) is 19.6 Å². The zero-order chi connectivity index (χ0) is 74.2. The van der Waals surface area contributed by atoms with E-state index in [0.717, 1.165) is 128 Å². The Morgan fingerprint density at radius 3 is 1.21 bits per heavy atom. The van der Waals surface area contributed by atoms with Crippen LogP contribution in [0, 0.1) is 0 Å². The topological polar surface area (TPSA) is 45.2 Å². The molecule has 0 fully saturated rings. The van der Waals surface area contributed by atoms with Crippen molar-refractivity contribution in [3.63, 3.8) is 0 Å². The number of anilines is 18. The van der Waals surface area contributed by atoms with Gasteiger partial charge in [-0.2, -0.15) is 0 Å². The molecule has 0 amide bonds. The Bertz CT molecular complexity index is 5900. The molecule has 0 saturated carbocycles. The van der Waals surface area contributed by atoms with Gasteiger partial charge in [0, 0.05) is 101 Å². The van der Waals surface area contributed by atoms with Gasteiger partial charge >= 0.3 is 0 Å². The van der Waals surface area contributed by atoms with Crippen molar-refractivity contribution in [2.45, 2.75) is 129 Å². The molecule has 11 aromatic carbocycles. The summed E-state index contributed by atoms with van der Waals surface area (Å²) in [6.45, 7) is 26.1. The standard InChI is InChI=1S/C98H88B2N8S/c1-94(2,3)63-46-51-85-72(56-63)90-91(109-85)100-79-59-78-81(60-82(79)108(69-42-28-17-29-43-69)93-89(100)84(106(90)71-48-50-74-76(58-71)98(10,11)55-53-96(74,6)7)62-87(102-93)104(66-36-22-14-23-37-66)67-38-24-15-25-39-67)107(68-40-26-16-27-41-68)92-88-83(61-86(101-92)103(64-32-18-12-19-33-64)65-34-20-13-21-35-65)105(80-45-31-30-44-77(80)99(78)88)70-47-49-73-75(57-70)97(8,9)54-52-95(73,4)5/h12-51,56-62H,52-55H2,1-11H3. The second kappa shape index (κ2) is 24.6. The maximum absolute atomic E-state index is 6.30. The van der Waals surface area contributed by atoms with Gasteiger partial charge in [0.2, 0.25) is 0 Å². The molecule has 532 valence electrons. The van der Waals surface area contributed by atoms with E-state index >= 15 is 0 Å². The highest BCUT2D eigenvalue weighted by atomic mass is 32.1. The van der Waals surface area contributed by atoms with Gasteiger partial charge in [-0.25, -0.2) is 9.97 Å². The monoisotopic (exact) mass is 1430 g/mol. The fourth-order valence-electron chi connectivity index (χ4n) is 19.1. The summed E-state index contributed by atoms with van der Waals surface area (Å²) in [6, 6.07) is 107. The highest BCUT2D eigenvalue weighted by molar-refractivity contribution is 7.33. The van der Waals surface area contributed by atoms with E-state index < -0.39 is 0 Å². The average molecular weight is 1430 g/mol. The van der Waals surface area contributed by atoms with Gasteiger partial charge < -0.3 is 9.80 Å². The minimum absolute atomic E-state index is 0.0132. The Morgan fingerprint density at radius 1 is 0.339 bits per heavy atom. The maximum atomic E-state index is 6.30. The number of rotatable bonds is 10. The number of hydrogen-bond acceptors (Lipinski definition) is 9. The summed E-state index contributed by atoms with van der Waals surface area (Å²) < 4.78 is 2.56. The number of hydrogen-bond donors (Lipinski definition) is 0. The Kier molecular flexibility index (Phi) is 15.1. The summed E-state index contributed by atoms with van der Waals surface area (Å²) in [5.74, 6) is 3.39. The van der Waals surface area contributed by atoms with Crippen LogP contribution < -0.4 is 61.5 Å². The molecule has 0 N–H and O–H groups in total. The first-order valence-corrected chi connectivity index (χ1v) is 39.9. The van der Waals surface area contributed by atoms with Gasteiger partial charge in [0.25, 0.3) is 13.4 Å². The van der Waals surface area contributed by atoms with Crippen molar-refractivity contribution in [2.24, 2.45) is 0 Å². The average Bonchev–Trinajstić information content (AvgIpc) is 1.65. The first kappa shape index (κ1) is 67.0. The third-order valence-electron chi connectivity index (χ3n) is 25.0. The normalized spacial score (nSPS) is 16.2. The molecule has 7 heterocycles. The van der Waals surface area contributed by atoms with Crippen LogP contribution >= 0.6 is 11.3 Å². The zero-order valence-corrected chi connectivity index (χ0v) is 64.9. The predicted octanol–water partition coefficient (Wildman–Crippen LogP) is 22.8. The Hall–Kier alpha value is -11.4. The highest BCUT2D eigenvalue weighted by Crippen LogP contribution is 2.56. The smallest absolute Gasteiger partial charge is 0.266 e. The second-order valence-corrected chi connectivity index (χ2v) is 35.7. The van der Waals surface area contributed by atoms with Crippen LogP contribution in [-0.4, -0.2) is 23.4 Å². The maximum Gasteiger partial charge on any atom is 0.266 e. The summed E-state index contributed by atoms with van der Waals surface area (Å²) >= 11 is 1.96. The summed E-state index contributed by atoms with van der Waals surface area (Å²) in [6.07, 6.45) is 4.48. The minimum Gasteiger partial charge on any atom is -0.311 e. The molecule has 14 aromatic rings. The van der Waals surface area contributed by atoms with Gasteiger partial charge in [0.1, 0.15) is 23.3 Å². The van der Waals surface area contributed by atoms with E-state index in [9.17, 15) is 0 Å². The molecule has 0 spiro atoms. The predicted molar refractivity (Wildman–Crippen MR) is 464 cm³/mol. The van der Waals surface area contributed by atoms with E-state index in [0.29, 0.717) is 0 Å². The third-order valence-corrected chi connectivity index (χ3v) is 26.3. The number of fused-ring (bicyclic) bond motifs is 12. The van der Waals surface area contributed by atoms with Crippen LogP contribution in [-0.2, 0) is 27.1 Å². The molecule has 109 heavy (non-hydrogen) atoms. The summed E-state index contributed by atoms with van der Waals surface area (Å²) in [7, 11) is 0. The largest absolute Gasteiger partial charge is 0.311 e. The Labute approximate surface area is 646 Å². The molecule has 0 unspecified atom stereocenters. The highest BCUT2D eigenvalue weighted by Gasteiger charge is 2.52. The summed E-state index contributed by atoms with van der Waals surface area (Å²) in [4.78, 5) is 27.6. The first-order chi connectivity index (χ1) is 52.7. The molecule has 3 aromatic heterocycles. The number of pyridine rings is 2. The number of para-hydroxylation sites is 7. The lowest BCUT2D eigenvalue weighted by atomic mass is 9.31. The van der Waals surface area contributed by atoms with Crippen molar-refractivity contribution in [1.82, 2.24) is 9.97 Å². The van der Waals surface area contributed by atoms with Gasteiger partial charge in [0.05, 0.1) is 5.69 Å². The number of nitrogens with zero attached hydrogens (tertiary/aromatic N) is 8. The summed E-state index contributed by atoms with van der Waals surface area (Å²) in [5.41, 5.74) is 28.0. The Balaban J connectivity index is 0.923. The van der Waals surface area contributed by atoms with Crippen LogP contribution in [0.3, 0.4) is 0 Å². The molecule has 20 rings (SSSR count). The van der Waals surface area contributed by atoms with Crippen LogP contribution in [0.1, 0.15) is 130 Å². The third kappa shape index (κ3) is 10.5. The SMILES string of the molecule is CC(C)(C)c1ccc2sc3c(c2c1)N(c1ccc2c(c1)C(C)(C)CCC2(C)C)c1cc(N(c2ccccc2)c2ccccc2)nc2c1B3c1cc3c(cc1N2c1ccccc1)N(c1ccccc1)c1nc(N(c2ccccc2)c2ccccc2)cc2c1B3c1ccccc1N2c1ccc2c(c1)C(C)(C)CCC2(C)C. The lowest BCUT2D eigenvalue weighted by Crippen LogP contribution is -2.65. The van der Waals surface area contributed by atoms with E-state index in [1.807, 2.05) is 11.3 Å². The van der Waals surface area contributed by atoms with Crippen LogP contribution in [0.2, 0.25) is 0 Å². The first-order valence-electron chi connectivity index (χ1n) is 39.0. The van der Waals surface area contributed by atoms with Gasteiger partial charge in [-0.15, -0.1) is 11.3 Å². The van der Waals surface area contributed by atoms with Crippen LogP contribution in [0.4, 0.5) is 103 Å². The molecule has 0 bridgehead atoms. The van der Waals surface area contributed by atoms with Crippen molar-refractivity contribution >= 4 is 170 Å². The van der Waals surface area contributed by atoms with E-state index in [2.05, 4.69) is 391 Å². The van der Waals surface area contributed by atoms with Crippen LogP contribution in [0.15, 0.2) is 285 Å². The molecular formula is C98H88B2N8S. The number of thiophene rings is 1. The number of aromatic nitrogens is 2. The van der Waals surface area contributed by atoms with E-state index in [-0.39, 0.29) is 40.5 Å². The molecule has 2 aliphatic carbocycles. The van der Waals surface area contributed by atoms with Gasteiger partial charge in [-0.1, -0.05) is 228 Å².